The first-order valence-electron chi connectivity index (χ1n) is 8.63. The van der Waals surface area contributed by atoms with Crippen LogP contribution in [0, 0.1) is 18.6 Å². The number of benzene rings is 1. The summed E-state index contributed by atoms with van der Waals surface area (Å²) in [6.07, 6.45) is 0. The van der Waals surface area contributed by atoms with Crippen molar-refractivity contribution in [1.29, 1.82) is 0 Å². The van der Waals surface area contributed by atoms with Gasteiger partial charge in [-0.2, -0.15) is 0 Å². The van der Waals surface area contributed by atoms with E-state index in [1.807, 2.05) is 32.0 Å². The Morgan fingerprint density at radius 3 is 2.33 bits per heavy atom. The van der Waals surface area contributed by atoms with Crippen molar-refractivity contribution >= 4 is 23.4 Å². The molecule has 3 rings (SSSR count). The number of aryl methyl sites for hydroxylation is 1. The van der Waals surface area contributed by atoms with Crippen LogP contribution in [-0.4, -0.2) is 61.2 Å². The normalized spacial score (nSPS) is 14.3. The standard InChI is InChI=1S/C18H22F2N6O/c1-12-21-15(24(2)3)11-16(22-12)25-7-9-26(10-8-25)18(27)23-17-13(19)5-4-6-14(17)20/h4-6,11H,7-10H2,1-3H3,(H,23,27). The fourth-order valence-electron chi connectivity index (χ4n) is 2.87. The largest absolute Gasteiger partial charge is 0.363 e. The zero-order valence-electron chi connectivity index (χ0n) is 15.5. The molecule has 1 aliphatic heterocycles. The predicted octanol–water partition coefficient (Wildman–Crippen LogP) is 2.48. The lowest BCUT2D eigenvalue weighted by Crippen LogP contribution is -2.50. The highest BCUT2D eigenvalue weighted by Crippen LogP contribution is 2.21. The highest BCUT2D eigenvalue weighted by molar-refractivity contribution is 5.89. The van der Waals surface area contributed by atoms with Crippen LogP contribution < -0.4 is 15.1 Å². The van der Waals surface area contributed by atoms with Crippen LogP contribution >= 0.6 is 0 Å². The Balaban J connectivity index is 1.64. The molecule has 1 aliphatic rings. The van der Waals surface area contributed by atoms with Crippen molar-refractivity contribution in [1.82, 2.24) is 14.9 Å². The highest BCUT2D eigenvalue weighted by atomic mass is 19.1. The molecule has 2 aromatic rings. The van der Waals surface area contributed by atoms with Gasteiger partial charge in [-0.15, -0.1) is 0 Å². The van der Waals surface area contributed by atoms with Crippen molar-refractivity contribution in [3.63, 3.8) is 0 Å². The number of nitrogens with zero attached hydrogens (tertiary/aromatic N) is 5. The van der Waals surface area contributed by atoms with Gasteiger partial charge in [-0.05, 0) is 19.1 Å². The number of carbonyl (C=O) groups excluding carboxylic acids is 1. The molecule has 2 amide bonds. The van der Waals surface area contributed by atoms with Gasteiger partial charge in [0.15, 0.2) is 0 Å². The van der Waals surface area contributed by atoms with E-state index < -0.39 is 23.4 Å². The number of amides is 2. The van der Waals surface area contributed by atoms with Gasteiger partial charge in [0.25, 0.3) is 0 Å². The molecule has 1 aromatic heterocycles. The lowest BCUT2D eigenvalue weighted by atomic mass is 10.3. The zero-order valence-corrected chi connectivity index (χ0v) is 15.5. The first-order valence-corrected chi connectivity index (χ1v) is 8.63. The Bertz CT molecular complexity index is 816. The van der Waals surface area contributed by atoms with Crippen molar-refractivity contribution in [3.8, 4) is 0 Å². The Morgan fingerprint density at radius 2 is 1.74 bits per heavy atom. The Kier molecular flexibility index (Phi) is 5.38. The second-order valence-corrected chi connectivity index (χ2v) is 6.53. The number of para-hydroxylation sites is 1. The predicted molar refractivity (Wildman–Crippen MR) is 100 cm³/mol. The molecule has 27 heavy (non-hydrogen) atoms. The van der Waals surface area contributed by atoms with Gasteiger partial charge in [0.1, 0.15) is 34.8 Å². The van der Waals surface area contributed by atoms with E-state index in [0.29, 0.717) is 32.0 Å². The van der Waals surface area contributed by atoms with Gasteiger partial charge in [0, 0.05) is 46.3 Å². The first-order chi connectivity index (χ1) is 12.8. The third-order valence-electron chi connectivity index (χ3n) is 4.35. The summed E-state index contributed by atoms with van der Waals surface area (Å²) in [7, 11) is 3.82. The van der Waals surface area contributed by atoms with Crippen LogP contribution in [0.5, 0.6) is 0 Å². The van der Waals surface area contributed by atoms with Gasteiger partial charge in [0.2, 0.25) is 0 Å². The van der Waals surface area contributed by atoms with Crippen LogP contribution in [0.2, 0.25) is 0 Å². The topological polar surface area (TPSA) is 64.6 Å². The quantitative estimate of drug-likeness (QED) is 0.892. The van der Waals surface area contributed by atoms with E-state index in [0.717, 1.165) is 23.8 Å². The van der Waals surface area contributed by atoms with Gasteiger partial charge >= 0.3 is 6.03 Å². The second-order valence-electron chi connectivity index (χ2n) is 6.53. The fourth-order valence-corrected chi connectivity index (χ4v) is 2.87. The summed E-state index contributed by atoms with van der Waals surface area (Å²) in [5, 5.41) is 2.32. The molecule has 0 aliphatic carbocycles. The summed E-state index contributed by atoms with van der Waals surface area (Å²) in [4.78, 5) is 26.7. The van der Waals surface area contributed by atoms with Gasteiger partial charge in [-0.1, -0.05) is 6.07 Å². The van der Waals surface area contributed by atoms with Crippen LogP contribution in [0.1, 0.15) is 5.82 Å². The Morgan fingerprint density at radius 1 is 1.11 bits per heavy atom. The molecule has 1 fully saturated rings. The SMILES string of the molecule is Cc1nc(N(C)C)cc(N2CCN(C(=O)Nc3c(F)cccc3F)CC2)n1. The number of piperazine rings is 1. The smallest absolute Gasteiger partial charge is 0.322 e. The van der Waals surface area contributed by atoms with Crippen LogP contribution in [0.25, 0.3) is 0 Å². The van der Waals surface area contributed by atoms with Crippen molar-refractivity contribution in [3.05, 3.63) is 41.7 Å². The molecule has 7 nitrogen and oxygen atoms in total. The van der Waals surface area contributed by atoms with Gasteiger partial charge in [-0.3, -0.25) is 0 Å². The van der Waals surface area contributed by atoms with Crippen molar-refractivity contribution < 1.29 is 13.6 Å². The van der Waals surface area contributed by atoms with E-state index in [1.54, 1.807) is 0 Å². The van der Waals surface area contributed by atoms with Crippen molar-refractivity contribution in [2.75, 3.05) is 55.4 Å². The zero-order chi connectivity index (χ0) is 19.6. The summed E-state index contributed by atoms with van der Waals surface area (Å²) in [5.41, 5.74) is -0.424. The van der Waals surface area contributed by atoms with Crippen LogP contribution in [-0.2, 0) is 0 Å². The number of hydrogen-bond donors (Lipinski definition) is 1. The summed E-state index contributed by atoms with van der Waals surface area (Å²) < 4.78 is 27.4. The molecule has 0 bridgehead atoms. The number of hydrogen-bond acceptors (Lipinski definition) is 5. The molecule has 2 heterocycles. The second kappa shape index (κ2) is 7.73. The van der Waals surface area contributed by atoms with Crippen LogP contribution in [0.3, 0.4) is 0 Å². The number of carbonyl (C=O) groups is 1. The van der Waals surface area contributed by atoms with E-state index >= 15 is 0 Å². The lowest BCUT2D eigenvalue weighted by molar-refractivity contribution is 0.208. The maximum Gasteiger partial charge on any atom is 0.322 e. The van der Waals surface area contributed by atoms with Crippen molar-refractivity contribution in [2.24, 2.45) is 0 Å². The summed E-state index contributed by atoms with van der Waals surface area (Å²) in [5.74, 6) is 0.690. The average molecular weight is 376 g/mol. The molecule has 144 valence electrons. The Labute approximate surface area is 156 Å². The van der Waals surface area contributed by atoms with Gasteiger partial charge in [-0.25, -0.2) is 23.5 Å². The number of halogens is 2. The van der Waals surface area contributed by atoms with Crippen LogP contribution in [0.15, 0.2) is 24.3 Å². The molecule has 0 atom stereocenters. The number of rotatable bonds is 3. The summed E-state index contributed by atoms with van der Waals surface area (Å²) in [6, 6.07) is 4.85. The summed E-state index contributed by atoms with van der Waals surface area (Å²) in [6.45, 7) is 3.81. The van der Waals surface area contributed by atoms with E-state index in [4.69, 9.17) is 0 Å². The molecule has 0 saturated carbocycles. The van der Waals surface area contributed by atoms with Crippen molar-refractivity contribution in [2.45, 2.75) is 6.92 Å². The Hall–Kier alpha value is -2.97. The molecule has 1 N–H and O–H groups in total. The van der Waals surface area contributed by atoms with E-state index in [-0.39, 0.29) is 0 Å². The fraction of sp³-hybridized carbons (Fsp3) is 0.389. The number of anilines is 3. The minimum atomic E-state index is -0.797. The minimum Gasteiger partial charge on any atom is -0.363 e. The number of aromatic nitrogens is 2. The molecular weight excluding hydrogens is 354 g/mol. The average Bonchev–Trinajstić information content (AvgIpc) is 2.64. The maximum atomic E-state index is 13.7. The number of nitrogens with one attached hydrogen (secondary N) is 1. The van der Waals surface area contributed by atoms with Gasteiger partial charge < -0.3 is 20.0 Å². The molecule has 9 heteroatoms. The monoisotopic (exact) mass is 376 g/mol. The van der Waals surface area contributed by atoms with Gasteiger partial charge in [0.05, 0.1) is 0 Å². The minimum absolute atomic E-state index is 0.419. The molecule has 1 aromatic carbocycles. The number of urea groups is 1. The molecule has 0 spiro atoms. The molecule has 1 saturated heterocycles. The highest BCUT2D eigenvalue weighted by Gasteiger charge is 2.24. The molecule has 0 radical (unpaired) electrons. The molecule has 0 unspecified atom stereocenters. The third kappa shape index (κ3) is 4.24. The lowest BCUT2D eigenvalue weighted by Gasteiger charge is -2.35. The van der Waals surface area contributed by atoms with E-state index in [1.165, 1.54) is 11.0 Å². The maximum absolute atomic E-state index is 13.7. The third-order valence-corrected chi connectivity index (χ3v) is 4.35. The first kappa shape index (κ1) is 18.8. The van der Waals surface area contributed by atoms with Crippen LogP contribution in [0.4, 0.5) is 30.9 Å². The van der Waals surface area contributed by atoms with E-state index in [9.17, 15) is 13.6 Å². The summed E-state index contributed by atoms with van der Waals surface area (Å²) >= 11 is 0. The van der Waals surface area contributed by atoms with E-state index in [2.05, 4.69) is 20.2 Å². The molecular formula is C18H22F2N6O.